The maximum absolute atomic E-state index is 6.00. The first-order valence-corrected chi connectivity index (χ1v) is 6.82. The Hall–Kier alpha value is -1.06. The largest absolute Gasteiger partial charge is 0.379 e. The maximum Gasteiger partial charge on any atom is 0.0641 e. The van der Waals surface area contributed by atoms with Crippen LogP contribution in [0.15, 0.2) is 24.3 Å². The van der Waals surface area contributed by atoms with Crippen LogP contribution in [0.5, 0.6) is 0 Å². The fourth-order valence-corrected chi connectivity index (χ4v) is 2.08. The molecule has 1 atom stereocenters. The van der Waals surface area contributed by atoms with Crippen molar-refractivity contribution in [2.45, 2.75) is 25.8 Å². The smallest absolute Gasteiger partial charge is 0.0641 e. The van der Waals surface area contributed by atoms with Gasteiger partial charge in [0.25, 0.3) is 0 Å². The quantitative estimate of drug-likeness (QED) is 0.754. The van der Waals surface area contributed by atoms with Crippen LogP contribution >= 0.6 is 0 Å². The molecular weight excluding hydrogens is 224 g/mol. The lowest BCUT2D eigenvalue weighted by atomic mass is 10.1. The van der Waals surface area contributed by atoms with Gasteiger partial charge in [-0.25, -0.2) is 0 Å². The minimum atomic E-state index is 0.0658. The Balaban J connectivity index is 1.84. The Kier molecular flexibility index (Phi) is 4.61. The van der Waals surface area contributed by atoms with Crippen LogP contribution in [0.3, 0.4) is 0 Å². The molecule has 2 N–H and O–H groups in total. The molecule has 0 spiro atoms. The number of para-hydroxylation sites is 1. The minimum Gasteiger partial charge on any atom is -0.379 e. The van der Waals surface area contributed by atoms with Crippen molar-refractivity contribution in [2.75, 3.05) is 31.7 Å². The number of rotatable bonds is 7. The van der Waals surface area contributed by atoms with Gasteiger partial charge < -0.3 is 15.4 Å². The fraction of sp³-hybridized carbons (Fsp3) is 0.600. The monoisotopic (exact) mass is 248 g/mol. The van der Waals surface area contributed by atoms with Crippen LogP contribution in [0, 0.1) is 5.92 Å². The van der Waals surface area contributed by atoms with Gasteiger partial charge in [-0.15, -0.1) is 0 Å². The summed E-state index contributed by atoms with van der Waals surface area (Å²) in [6, 6.07) is 8.39. The summed E-state index contributed by atoms with van der Waals surface area (Å²) in [6.07, 6.45) is 2.70. The van der Waals surface area contributed by atoms with E-state index < -0.39 is 0 Å². The molecule has 2 rings (SSSR count). The van der Waals surface area contributed by atoms with Crippen LogP contribution in [0.4, 0.5) is 5.69 Å². The zero-order chi connectivity index (χ0) is 13.0. The van der Waals surface area contributed by atoms with Crippen molar-refractivity contribution in [2.24, 2.45) is 11.7 Å². The molecule has 1 aliphatic carbocycles. The molecule has 0 aliphatic heterocycles. The molecule has 1 aromatic carbocycles. The number of hydrogen-bond acceptors (Lipinski definition) is 3. The zero-order valence-electron chi connectivity index (χ0n) is 11.4. The van der Waals surface area contributed by atoms with Gasteiger partial charge in [0.05, 0.1) is 6.61 Å². The van der Waals surface area contributed by atoms with E-state index in [2.05, 4.69) is 30.1 Å². The van der Waals surface area contributed by atoms with Crippen molar-refractivity contribution in [1.29, 1.82) is 0 Å². The third-order valence-corrected chi connectivity index (χ3v) is 3.46. The molecule has 0 radical (unpaired) electrons. The molecule has 100 valence electrons. The maximum atomic E-state index is 6.00. The predicted molar refractivity (Wildman–Crippen MR) is 75.9 cm³/mol. The molecule has 0 saturated heterocycles. The Morgan fingerprint density at radius 3 is 2.78 bits per heavy atom. The predicted octanol–water partition coefficient (Wildman–Crippen LogP) is 2.57. The number of hydrogen-bond donors (Lipinski definition) is 1. The summed E-state index contributed by atoms with van der Waals surface area (Å²) < 4.78 is 5.68. The molecule has 3 nitrogen and oxygen atoms in total. The van der Waals surface area contributed by atoms with E-state index in [4.69, 9.17) is 10.5 Å². The molecular formula is C15H24N2O. The van der Waals surface area contributed by atoms with Gasteiger partial charge in [0.2, 0.25) is 0 Å². The fourth-order valence-electron chi connectivity index (χ4n) is 2.08. The number of nitrogens with two attached hydrogens (primary N) is 1. The van der Waals surface area contributed by atoms with E-state index in [9.17, 15) is 0 Å². The zero-order valence-corrected chi connectivity index (χ0v) is 11.4. The van der Waals surface area contributed by atoms with Gasteiger partial charge >= 0.3 is 0 Å². The van der Waals surface area contributed by atoms with Crippen LogP contribution in [-0.2, 0) is 4.74 Å². The highest BCUT2D eigenvalue weighted by Crippen LogP contribution is 2.28. The first-order valence-electron chi connectivity index (χ1n) is 6.82. The van der Waals surface area contributed by atoms with Crippen molar-refractivity contribution >= 4 is 5.69 Å². The highest BCUT2D eigenvalue weighted by molar-refractivity contribution is 5.54. The second-order valence-electron chi connectivity index (χ2n) is 5.29. The van der Waals surface area contributed by atoms with Crippen molar-refractivity contribution in [1.82, 2.24) is 0 Å². The normalized spacial score (nSPS) is 16.6. The Bertz CT molecular complexity index is 375. The van der Waals surface area contributed by atoms with E-state index in [1.54, 1.807) is 0 Å². The number of nitrogens with zero attached hydrogens (tertiary/aromatic N) is 1. The number of ether oxygens (including phenoxy) is 1. The molecule has 0 heterocycles. The average Bonchev–Trinajstić information content (AvgIpc) is 3.18. The van der Waals surface area contributed by atoms with Crippen molar-refractivity contribution < 1.29 is 4.74 Å². The van der Waals surface area contributed by atoms with Crippen LogP contribution < -0.4 is 10.6 Å². The van der Waals surface area contributed by atoms with Crippen LogP contribution in [-0.4, -0.2) is 26.8 Å². The van der Waals surface area contributed by atoms with Crippen molar-refractivity contribution in [3.05, 3.63) is 29.8 Å². The molecule has 18 heavy (non-hydrogen) atoms. The van der Waals surface area contributed by atoms with Gasteiger partial charge in [-0.05, 0) is 37.3 Å². The van der Waals surface area contributed by atoms with Crippen LogP contribution in [0.25, 0.3) is 0 Å². The molecule has 1 aromatic rings. The van der Waals surface area contributed by atoms with Crippen molar-refractivity contribution in [3.63, 3.8) is 0 Å². The first-order chi connectivity index (χ1) is 8.68. The van der Waals surface area contributed by atoms with E-state index in [-0.39, 0.29) is 6.04 Å². The van der Waals surface area contributed by atoms with Crippen molar-refractivity contribution in [3.8, 4) is 0 Å². The van der Waals surface area contributed by atoms with Gasteiger partial charge in [-0.3, -0.25) is 0 Å². The lowest BCUT2D eigenvalue weighted by Gasteiger charge is -2.23. The SMILES string of the molecule is C[C@@H](N)c1ccccc1N(C)CCOCC1CC1. The van der Waals surface area contributed by atoms with Gasteiger partial charge in [0.1, 0.15) is 0 Å². The molecule has 0 unspecified atom stereocenters. The van der Waals surface area contributed by atoms with Gasteiger partial charge in [-0.1, -0.05) is 18.2 Å². The summed E-state index contributed by atoms with van der Waals surface area (Å²) in [5.41, 5.74) is 8.40. The van der Waals surface area contributed by atoms with Gasteiger partial charge in [0, 0.05) is 31.9 Å². The molecule has 1 aliphatic rings. The molecule has 0 amide bonds. The third-order valence-electron chi connectivity index (χ3n) is 3.46. The molecule has 1 fully saturated rings. The number of benzene rings is 1. The molecule has 0 aromatic heterocycles. The van der Waals surface area contributed by atoms with Crippen LogP contribution in [0.1, 0.15) is 31.4 Å². The second kappa shape index (κ2) is 6.21. The molecule has 1 saturated carbocycles. The van der Waals surface area contributed by atoms with E-state index in [0.717, 1.165) is 25.7 Å². The van der Waals surface area contributed by atoms with E-state index in [0.29, 0.717) is 0 Å². The summed E-state index contributed by atoms with van der Waals surface area (Å²) in [7, 11) is 2.10. The highest BCUT2D eigenvalue weighted by atomic mass is 16.5. The van der Waals surface area contributed by atoms with E-state index in [1.165, 1.54) is 24.1 Å². The lowest BCUT2D eigenvalue weighted by molar-refractivity contribution is 0.131. The Morgan fingerprint density at radius 2 is 2.11 bits per heavy atom. The standard InChI is InChI=1S/C15H24N2O/c1-12(16)14-5-3-4-6-15(14)17(2)9-10-18-11-13-7-8-13/h3-6,12-13H,7-11,16H2,1-2H3/t12-/m1/s1. The van der Waals surface area contributed by atoms with E-state index >= 15 is 0 Å². The first kappa shape index (κ1) is 13.4. The topological polar surface area (TPSA) is 38.5 Å². The Labute approximate surface area is 110 Å². The summed E-state index contributed by atoms with van der Waals surface area (Å²) in [6.45, 7) is 4.66. The minimum absolute atomic E-state index is 0.0658. The van der Waals surface area contributed by atoms with Crippen LogP contribution in [0.2, 0.25) is 0 Å². The average molecular weight is 248 g/mol. The highest BCUT2D eigenvalue weighted by Gasteiger charge is 2.21. The Morgan fingerprint density at radius 1 is 1.39 bits per heavy atom. The second-order valence-corrected chi connectivity index (χ2v) is 5.29. The summed E-state index contributed by atoms with van der Waals surface area (Å²) in [5.74, 6) is 0.839. The van der Waals surface area contributed by atoms with E-state index in [1.807, 2.05) is 13.0 Å². The number of anilines is 1. The number of likely N-dealkylation sites (N-methyl/N-ethyl adjacent to an activating group) is 1. The molecule has 0 bridgehead atoms. The third kappa shape index (κ3) is 3.72. The van der Waals surface area contributed by atoms with Gasteiger partial charge in [0.15, 0.2) is 0 Å². The van der Waals surface area contributed by atoms with Gasteiger partial charge in [-0.2, -0.15) is 0 Å². The summed E-state index contributed by atoms with van der Waals surface area (Å²) >= 11 is 0. The lowest BCUT2D eigenvalue weighted by Crippen LogP contribution is -2.25. The molecule has 3 heteroatoms. The summed E-state index contributed by atoms with van der Waals surface area (Å²) in [5, 5.41) is 0. The summed E-state index contributed by atoms with van der Waals surface area (Å²) in [4.78, 5) is 2.23.